The van der Waals surface area contributed by atoms with Crippen LogP contribution >= 0.6 is 0 Å². The SMILES string of the molecule is C=CCCCCCC.[Rh]. The Morgan fingerprint density at radius 2 is 1.89 bits per heavy atom. The van der Waals surface area contributed by atoms with E-state index in [-0.39, 0.29) is 19.5 Å². The molecule has 0 fully saturated rings. The minimum absolute atomic E-state index is 0. The van der Waals surface area contributed by atoms with E-state index in [9.17, 15) is 0 Å². The first kappa shape index (κ1) is 12.1. The number of hydrogen-bond donors (Lipinski definition) is 0. The summed E-state index contributed by atoms with van der Waals surface area (Å²) in [5.41, 5.74) is 0. The Balaban J connectivity index is 0. The molecule has 0 atom stereocenters. The van der Waals surface area contributed by atoms with Crippen molar-refractivity contribution in [3.8, 4) is 0 Å². The molecule has 0 aromatic rings. The molecule has 0 N–H and O–H groups in total. The second-order valence-corrected chi connectivity index (χ2v) is 2.14. The van der Waals surface area contributed by atoms with Gasteiger partial charge in [0.05, 0.1) is 0 Å². The normalized spacial score (nSPS) is 8.11. The van der Waals surface area contributed by atoms with Crippen molar-refractivity contribution in [1.82, 2.24) is 0 Å². The van der Waals surface area contributed by atoms with Crippen LogP contribution in [-0.4, -0.2) is 0 Å². The molecule has 0 amide bonds. The molecule has 0 heterocycles. The van der Waals surface area contributed by atoms with Gasteiger partial charge in [-0.25, -0.2) is 0 Å². The topological polar surface area (TPSA) is 0 Å². The van der Waals surface area contributed by atoms with Crippen LogP contribution in [0, 0.1) is 0 Å². The van der Waals surface area contributed by atoms with Crippen molar-refractivity contribution in [3.05, 3.63) is 12.7 Å². The standard InChI is InChI=1S/C8H16.Rh/c1-3-5-7-8-6-4-2;/h3H,1,4-8H2,2H3;. The molecule has 1 heteroatoms. The van der Waals surface area contributed by atoms with Crippen molar-refractivity contribution < 1.29 is 19.5 Å². The monoisotopic (exact) mass is 215 g/mol. The predicted octanol–water partition coefficient (Wildman–Crippen LogP) is 3.14. The first-order chi connectivity index (χ1) is 3.91. The molecule has 0 aliphatic heterocycles. The van der Waals surface area contributed by atoms with E-state index in [1.165, 1.54) is 32.1 Å². The molecular formula is C8H16Rh. The van der Waals surface area contributed by atoms with Gasteiger partial charge in [0.25, 0.3) is 0 Å². The maximum absolute atomic E-state index is 3.66. The van der Waals surface area contributed by atoms with Crippen LogP contribution in [0.1, 0.15) is 39.0 Å². The van der Waals surface area contributed by atoms with E-state index in [1.807, 2.05) is 6.08 Å². The molecule has 0 aromatic heterocycles. The smallest absolute Gasteiger partial charge is 0 e. The van der Waals surface area contributed by atoms with Crippen molar-refractivity contribution in [2.24, 2.45) is 0 Å². The van der Waals surface area contributed by atoms with Gasteiger partial charge >= 0.3 is 0 Å². The van der Waals surface area contributed by atoms with Gasteiger partial charge in [-0.1, -0.05) is 32.3 Å². The van der Waals surface area contributed by atoms with Gasteiger partial charge in [0.15, 0.2) is 0 Å². The summed E-state index contributed by atoms with van der Waals surface area (Å²) in [7, 11) is 0. The average Bonchev–Trinajstić information content (AvgIpc) is 1.81. The third-order valence-electron chi connectivity index (χ3n) is 1.26. The molecule has 57 valence electrons. The average molecular weight is 215 g/mol. The summed E-state index contributed by atoms with van der Waals surface area (Å²) >= 11 is 0. The fourth-order valence-electron chi connectivity index (χ4n) is 0.715. The molecule has 0 saturated heterocycles. The van der Waals surface area contributed by atoms with Crippen LogP contribution < -0.4 is 0 Å². The second kappa shape index (κ2) is 11.2. The van der Waals surface area contributed by atoms with Crippen LogP contribution in [0.3, 0.4) is 0 Å². The van der Waals surface area contributed by atoms with E-state index in [4.69, 9.17) is 0 Å². The molecule has 0 aromatic carbocycles. The Bertz CT molecular complexity index is 50.5. The predicted molar refractivity (Wildman–Crippen MR) is 39.0 cm³/mol. The van der Waals surface area contributed by atoms with Gasteiger partial charge in [0.2, 0.25) is 0 Å². The number of unbranched alkanes of at least 4 members (excludes halogenated alkanes) is 4. The molecule has 0 bridgehead atoms. The van der Waals surface area contributed by atoms with Crippen LogP contribution in [0.2, 0.25) is 0 Å². The molecule has 0 rings (SSSR count). The molecule has 0 aliphatic rings. The zero-order valence-corrected chi connectivity index (χ0v) is 7.79. The molecule has 0 spiro atoms. The Labute approximate surface area is 71.5 Å². The van der Waals surface area contributed by atoms with Crippen molar-refractivity contribution in [3.63, 3.8) is 0 Å². The van der Waals surface area contributed by atoms with E-state index in [1.54, 1.807) is 0 Å². The van der Waals surface area contributed by atoms with Gasteiger partial charge in [0, 0.05) is 19.5 Å². The van der Waals surface area contributed by atoms with E-state index in [0.29, 0.717) is 0 Å². The van der Waals surface area contributed by atoms with Crippen LogP contribution in [-0.2, 0) is 19.5 Å². The first-order valence-electron chi connectivity index (χ1n) is 3.52. The Hall–Kier alpha value is 0.363. The molecule has 0 saturated carbocycles. The Morgan fingerprint density at radius 3 is 2.33 bits per heavy atom. The Kier molecular flexibility index (Phi) is 15.0. The summed E-state index contributed by atoms with van der Waals surface area (Å²) in [6.45, 7) is 5.89. The van der Waals surface area contributed by atoms with Crippen LogP contribution in [0.5, 0.6) is 0 Å². The summed E-state index contributed by atoms with van der Waals surface area (Å²) in [5, 5.41) is 0. The fraction of sp³-hybridized carbons (Fsp3) is 0.750. The van der Waals surface area contributed by atoms with Gasteiger partial charge in [-0.3, -0.25) is 0 Å². The van der Waals surface area contributed by atoms with Gasteiger partial charge in [-0.15, -0.1) is 6.58 Å². The summed E-state index contributed by atoms with van der Waals surface area (Å²) in [5.74, 6) is 0. The first-order valence-corrected chi connectivity index (χ1v) is 3.52. The molecule has 1 radical (unpaired) electrons. The molecule has 0 nitrogen and oxygen atoms in total. The quantitative estimate of drug-likeness (QED) is 0.375. The van der Waals surface area contributed by atoms with Crippen molar-refractivity contribution in [1.29, 1.82) is 0 Å². The Morgan fingerprint density at radius 1 is 1.22 bits per heavy atom. The largest absolute Gasteiger partial charge is 0.103 e. The minimum Gasteiger partial charge on any atom is -0.103 e. The maximum Gasteiger partial charge on any atom is 0 e. The summed E-state index contributed by atoms with van der Waals surface area (Å²) in [6, 6.07) is 0. The van der Waals surface area contributed by atoms with Gasteiger partial charge < -0.3 is 0 Å². The van der Waals surface area contributed by atoms with Crippen molar-refractivity contribution in [2.75, 3.05) is 0 Å². The number of allylic oxidation sites excluding steroid dienone is 1. The summed E-state index contributed by atoms with van der Waals surface area (Å²) in [4.78, 5) is 0. The van der Waals surface area contributed by atoms with Crippen LogP contribution in [0.25, 0.3) is 0 Å². The third-order valence-corrected chi connectivity index (χ3v) is 1.26. The molecule has 9 heavy (non-hydrogen) atoms. The van der Waals surface area contributed by atoms with Gasteiger partial charge in [-0.05, 0) is 12.8 Å². The minimum atomic E-state index is 0. The second-order valence-electron chi connectivity index (χ2n) is 2.14. The van der Waals surface area contributed by atoms with E-state index < -0.39 is 0 Å². The fourth-order valence-corrected chi connectivity index (χ4v) is 0.715. The molecular weight excluding hydrogens is 199 g/mol. The van der Waals surface area contributed by atoms with Gasteiger partial charge in [0.1, 0.15) is 0 Å². The number of hydrogen-bond acceptors (Lipinski definition) is 0. The van der Waals surface area contributed by atoms with Crippen molar-refractivity contribution in [2.45, 2.75) is 39.0 Å². The van der Waals surface area contributed by atoms with E-state index in [0.717, 1.165) is 0 Å². The van der Waals surface area contributed by atoms with E-state index in [2.05, 4.69) is 13.5 Å². The van der Waals surface area contributed by atoms with Crippen molar-refractivity contribution >= 4 is 0 Å². The van der Waals surface area contributed by atoms with Crippen LogP contribution in [0.4, 0.5) is 0 Å². The maximum atomic E-state index is 3.66. The molecule has 0 unspecified atom stereocenters. The summed E-state index contributed by atoms with van der Waals surface area (Å²) in [6.07, 6.45) is 8.61. The van der Waals surface area contributed by atoms with E-state index >= 15 is 0 Å². The van der Waals surface area contributed by atoms with Crippen LogP contribution in [0.15, 0.2) is 12.7 Å². The number of rotatable bonds is 5. The third kappa shape index (κ3) is 11.8. The zero-order valence-electron chi connectivity index (χ0n) is 6.15. The zero-order chi connectivity index (χ0) is 6.24. The van der Waals surface area contributed by atoms with Gasteiger partial charge in [-0.2, -0.15) is 0 Å². The molecule has 0 aliphatic carbocycles. The summed E-state index contributed by atoms with van der Waals surface area (Å²) < 4.78 is 0.